The van der Waals surface area contributed by atoms with Crippen LogP contribution in [0.3, 0.4) is 0 Å². The van der Waals surface area contributed by atoms with E-state index >= 15 is 0 Å². The summed E-state index contributed by atoms with van der Waals surface area (Å²) in [7, 11) is 0. The molecular formula is C24H17BrN2O4. The zero-order valence-corrected chi connectivity index (χ0v) is 17.9. The average Bonchev–Trinajstić information content (AvgIpc) is 3.24. The lowest BCUT2D eigenvalue weighted by atomic mass is 9.83. The highest BCUT2D eigenvalue weighted by molar-refractivity contribution is 9.10. The van der Waals surface area contributed by atoms with E-state index in [-0.39, 0.29) is 12.7 Å². The van der Waals surface area contributed by atoms with E-state index in [1.54, 1.807) is 6.07 Å². The molecule has 2 aliphatic heterocycles. The van der Waals surface area contributed by atoms with Gasteiger partial charge in [-0.1, -0.05) is 46.3 Å². The molecule has 0 saturated carbocycles. The normalized spacial score (nSPS) is 16.3. The number of nitriles is 1. The number of allylic oxidation sites excluding steroid dienone is 1. The second-order valence-electron chi connectivity index (χ2n) is 7.12. The third-order valence-corrected chi connectivity index (χ3v) is 5.72. The molecular weight excluding hydrogens is 460 g/mol. The Morgan fingerprint density at radius 1 is 1.00 bits per heavy atom. The van der Waals surface area contributed by atoms with E-state index in [1.807, 2.05) is 54.6 Å². The van der Waals surface area contributed by atoms with Crippen molar-refractivity contribution in [1.82, 2.24) is 0 Å². The van der Waals surface area contributed by atoms with Crippen molar-refractivity contribution < 1.29 is 18.9 Å². The maximum atomic E-state index is 9.90. The molecule has 0 aromatic heterocycles. The van der Waals surface area contributed by atoms with E-state index in [0.717, 1.165) is 21.2 Å². The first kappa shape index (κ1) is 19.3. The molecule has 154 valence electrons. The monoisotopic (exact) mass is 476 g/mol. The van der Waals surface area contributed by atoms with Crippen molar-refractivity contribution in [3.63, 3.8) is 0 Å². The number of halogens is 1. The van der Waals surface area contributed by atoms with Crippen LogP contribution in [-0.4, -0.2) is 6.79 Å². The van der Waals surface area contributed by atoms with Crippen LogP contribution in [0.1, 0.15) is 22.6 Å². The maximum Gasteiger partial charge on any atom is 0.231 e. The zero-order valence-electron chi connectivity index (χ0n) is 16.3. The molecule has 5 rings (SSSR count). The van der Waals surface area contributed by atoms with Crippen LogP contribution >= 0.6 is 15.9 Å². The molecule has 0 amide bonds. The lowest BCUT2D eigenvalue weighted by Crippen LogP contribution is -2.21. The first-order valence-corrected chi connectivity index (χ1v) is 10.4. The number of hydrogen-bond donors (Lipinski definition) is 1. The number of fused-ring (bicyclic) bond motifs is 2. The molecule has 0 fully saturated rings. The highest BCUT2D eigenvalue weighted by Crippen LogP contribution is 2.49. The van der Waals surface area contributed by atoms with E-state index in [1.165, 1.54) is 0 Å². The fourth-order valence-electron chi connectivity index (χ4n) is 3.78. The molecule has 2 N–H and O–H groups in total. The first-order chi connectivity index (χ1) is 15.1. The molecule has 3 aromatic rings. The van der Waals surface area contributed by atoms with E-state index in [2.05, 4.69) is 22.0 Å². The van der Waals surface area contributed by atoms with Crippen molar-refractivity contribution in [2.75, 3.05) is 6.79 Å². The lowest BCUT2D eigenvalue weighted by molar-refractivity contribution is 0.174. The van der Waals surface area contributed by atoms with Gasteiger partial charge in [-0.3, -0.25) is 0 Å². The van der Waals surface area contributed by atoms with Crippen LogP contribution in [0.4, 0.5) is 0 Å². The molecule has 0 spiro atoms. The van der Waals surface area contributed by atoms with Gasteiger partial charge >= 0.3 is 0 Å². The van der Waals surface area contributed by atoms with Crippen LogP contribution in [0.5, 0.6) is 23.0 Å². The molecule has 6 nitrogen and oxygen atoms in total. The molecule has 1 unspecified atom stereocenters. The second-order valence-corrected chi connectivity index (χ2v) is 8.04. The summed E-state index contributed by atoms with van der Waals surface area (Å²) >= 11 is 3.54. The fourth-order valence-corrected chi connectivity index (χ4v) is 4.16. The summed E-state index contributed by atoms with van der Waals surface area (Å²) in [5.41, 5.74) is 9.06. The van der Waals surface area contributed by atoms with Gasteiger partial charge in [0.15, 0.2) is 11.5 Å². The summed E-state index contributed by atoms with van der Waals surface area (Å²) in [5.74, 6) is 1.95. The van der Waals surface area contributed by atoms with Gasteiger partial charge in [0, 0.05) is 21.7 Å². The van der Waals surface area contributed by atoms with Gasteiger partial charge in [-0.2, -0.15) is 5.26 Å². The number of rotatable bonds is 4. The van der Waals surface area contributed by atoms with Crippen LogP contribution in [0.15, 0.2) is 76.6 Å². The van der Waals surface area contributed by atoms with Crippen molar-refractivity contribution in [3.05, 3.63) is 93.3 Å². The largest absolute Gasteiger partial charge is 0.489 e. The van der Waals surface area contributed by atoms with E-state index in [0.29, 0.717) is 35.2 Å². The standard InChI is InChI=1S/C24H17BrN2O4/c25-15-6-7-19(28-12-14-4-2-1-3-5-14)16(8-15)23-17-9-21-22(30-13-29-21)10-20(17)31-24(27)18(23)11-26/h1-10,23H,12-13,27H2. The van der Waals surface area contributed by atoms with Gasteiger partial charge < -0.3 is 24.7 Å². The molecule has 2 heterocycles. The Hall–Kier alpha value is -3.63. The lowest BCUT2D eigenvalue weighted by Gasteiger charge is -2.28. The smallest absolute Gasteiger partial charge is 0.231 e. The minimum atomic E-state index is -0.480. The molecule has 3 aromatic carbocycles. The van der Waals surface area contributed by atoms with Gasteiger partial charge in [-0.15, -0.1) is 0 Å². The Labute approximate surface area is 187 Å². The summed E-state index contributed by atoms with van der Waals surface area (Å²) in [6.07, 6.45) is 0. The minimum absolute atomic E-state index is 0.0628. The molecule has 1 atom stereocenters. The van der Waals surface area contributed by atoms with E-state index in [9.17, 15) is 5.26 Å². The van der Waals surface area contributed by atoms with Gasteiger partial charge in [0.05, 0.1) is 5.92 Å². The van der Waals surface area contributed by atoms with Crippen molar-refractivity contribution in [2.24, 2.45) is 5.73 Å². The van der Waals surface area contributed by atoms with Crippen LogP contribution < -0.4 is 24.7 Å². The summed E-state index contributed by atoms with van der Waals surface area (Å²) in [5, 5.41) is 9.90. The quantitative estimate of drug-likeness (QED) is 0.571. The van der Waals surface area contributed by atoms with Crippen LogP contribution in [-0.2, 0) is 6.61 Å². The molecule has 0 saturated heterocycles. The summed E-state index contributed by atoms with van der Waals surface area (Å²) in [6, 6.07) is 21.4. The zero-order chi connectivity index (χ0) is 21.4. The Balaban J connectivity index is 1.62. The molecule has 0 bridgehead atoms. The summed E-state index contributed by atoms with van der Waals surface area (Å²) in [6.45, 7) is 0.535. The third-order valence-electron chi connectivity index (χ3n) is 5.23. The number of nitrogens with zero attached hydrogens (tertiary/aromatic N) is 1. The number of nitrogens with two attached hydrogens (primary N) is 1. The predicted octanol–water partition coefficient (Wildman–Crippen LogP) is 4.97. The minimum Gasteiger partial charge on any atom is -0.489 e. The van der Waals surface area contributed by atoms with Crippen molar-refractivity contribution in [3.8, 4) is 29.1 Å². The number of ether oxygens (including phenoxy) is 4. The third kappa shape index (κ3) is 3.56. The summed E-state index contributed by atoms with van der Waals surface area (Å²) < 4.78 is 23.8. The van der Waals surface area contributed by atoms with Crippen molar-refractivity contribution >= 4 is 15.9 Å². The average molecular weight is 477 g/mol. The van der Waals surface area contributed by atoms with Gasteiger partial charge in [0.1, 0.15) is 29.7 Å². The Morgan fingerprint density at radius 3 is 2.55 bits per heavy atom. The van der Waals surface area contributed by atoms with Gasteiger partial charge in [0.25, 0.3) is 0 Å². The Kier molecular flexibility index (Phi) is 4.92. The van der Waals surface area contributed by atoms with Gasteiger partial charge in [-0.25, -0.2) is 0 Å². The van der Waals surface area contributed by atoms with Crippen molar-refractivity contribution in [2.45, 2.75) is 12.5 Å². The van der Waals surface area contributed by atoms with Crippen LogP contribution in [0.2, 0.25) is 0 Å². The Morgan fingerprint density at radius 2 is 1.77 bits per heavy atom. The fraction of sp³-hybridized carbons (Fsp3) is 0.125. The van der Waals surface area contributed by atoms with E-state index in [4.69, 9.17) is 24.7 Å². The number of hydrogen-bond acceptors (Lipinski definition) is 6. The summed E-state index contributed by atoms with van der Waals surface area (Å²) in [4.78, 5) is 0. The maximum absolute atomic E-state index is 9.90. The topological polar surface area (TPSA) is 86.7 Å². The molecule has 7 heteroatoms. The highest BCUT2D eigenvalue weighted by Gasteiger charge is 2.35. The molecule has 0 aliphatic carbocycles. The Bertz CT molecular complexity index is 1230. The van der Waals surface area contributed by atoms with E-state index < -0.39 is 5.92 Å². The number of benzene rings is 3. The highest BCUT2D eigenvalue weighted by atomic mass is 79.9. The molecule has 2 aliphatic rings. The van der Waals surface area contributed by atoms with Crippen molar-refractivity contribution in [1.29, 1.82) is 5.26 Å². The van der Waals surface area contributed by atoms with Gasteiger partial charge in [-0.05, 0) is 29.8 Å². The van der Waals surface area contributed by atoms with Gasteiger partial charge in [0.2, 0.25) is 12.7 Å². The first-order valence-electron chi connectivity index (χ1n) is 9.61. The van der Waals surface area contributed by atoms with Crippen LogP contribution in [0.25, 0.3) is 0 Å². The predicted molar refractivity (Wildman–Crippen MR) is 117 cm³/mol. The molecule has 31 heavy (non-hydrogen) atoms. The molecule has 0 radical (unpaired) electrons. The second kappa shape index (κ2) is 7.89. The SMILES string of the molecule is N#CC1=C(N)Oc2cc3c(cc2C1c1cc(Br)ccc1OCc1ccccc1)OCO3. The van der Waals surface area contributed by atoms with Crippen LogP contribution in [0, 0.1) is 11.3 Å².